The molecule has 0 fully saturated rings. The molecule has 1 aliphatic heterocycles. The molecule has 0 saturated heterocycles. The zero-order chi connectivity index (χ0) is 17.3. The third-order valence-electron chi connectivity index (χ3n) is 3.60. The molecule has 1 aliphatic rings. The molecule has 3 amide bonds. The van der Waals surface area contributed by atoms with Gasteiger partial charge in [0.05, 0.1) is 17.1 Å². The number of carbonyl (C=O) groups excluding carboxylic acids is 4. The van der Waals surface area contributed by atoms with Gasteiger partial charge in [-0.3, -0.25) is 19.3 Å². The van der Waals surface area contributed by atoms with Crippen molar-refractivity contribution in [1.29, 1.82) is 0 Å². The second kappa shape index (κ2) is 5.96. The second-order valence-electron chi connectivity index (χ2n) is 5.12. The second-order valence-corrected chi connectivity index (χ2v) is 5.12. The Hall–Kier alpha value is -3.48. The van der Waals surface area contributed by atoms with Gasteiger partial charge in [-0.15, -0.1) is 0 Å². The molecule has 0 aromatic heterocycles. The van der Waals surface area contributed by atoms with Gasteiger partial charge in [-0.25, -0.2) is 0 Å². The maximum Gasteiger partial charge on any atom is 0.262 e. The van der Waals surface area contributed by atoms with Crippen LogP contribution in [0.4, 0.5) is 5.69 Å². The molecule has 0 aliphatic carbocycles. The first-order chi connectivity index (χ1) is 11.5. The van der Waals surface area contributed by atoms with Gasteiger partial charge >= 0.3 is 0 Å². The summed E-state index contributed by atoms with van der Waals surface area (Å²) in [5, 5.41) is 13.4. The molecule has 0 saturated carbocycles. The van der Waals surface area contributed by atoms with E-state index in [-0.39, 0.29) is 22.4 Å². The van der Waals surface area contributed by atoms with Crippen molar-refractivity contribution in [2.24, 2.45) is 0 Å². The molecule has 0 spiro atoms. The van der Waals surface area contributed by atoms with Gasteiger partial charge in [-0.1, -0.05) is 30.3 Å². The summed E-state index contributed by atoms with van der Waals surface area (Å²) in [6.45, 7) is -0.506. The van der Waals surface area contributed by atoms with Crippen LogP contribution in [0.15, 0.2) is 48.5 Å². The van der Waals surface area contributed by atoms with E-state index in [0.29, 0.717) is 0 Å². The van der Waals surface area contributed by atoms with Crippen LogP contribution in [0.2, 0.25) is 0 Å². The lowest BCUT2D eigenvalue weighted by molar-refractivity contribution is -0.254. The summed E-state index contributed by atoms with van der Waals surface area (Å²) in [4.78, 5) is 48.3. The van der Waals surface area contributed by atoms with Crippen molar-refractivity contribution in [2.45, 2.75) is 0 Å². The van der Waals surface area contributed by atoms with E-state index in [1.165, 1.54) is 30.3 Å². The zero-order valence-corrected chi connectivity index (χ0v) is 12.3. The van der Waals surface area contributed by atoms with Gasteiger partial charge in [0.15, 0.2) is 0 Å². The minimum absolute atomic E-state index is 0.0408. The number of aromatic carboxylic acids is 1. The Labute approximate surface area is 136 Å². The molecule has 0 atom stereocenters. The third kappa shape index (κ3) is 2.63. The molecule has 2 aromatic rings. The average Bonchev–Trinajstić information content (AvgIpc) is 2.80. The highest BCUT2D eigenvalue weighted by Crippen LogP contribution is 2.22. The van der Waals surface area contributed by atoms with E-state index < -0.39 is 30.2 Å². The predicted octanol–water partition coefficient (Wildman–Crippen LogP) is 0.285. The topological polar surface area (TPSA) is 107 Å². The number of hydrogen-bond donors (Lipinski definition) is 1. The fourth-order valence-electron chi connectivity index (χ4n) is 2.49. The highest BCUT2D eigenvalue weighted by molar-refractivity contribution is 6.22. The largest absolute Gasteiger partial charge is 0.545 e. The van der Waals surface area contributed by atoms with Crippen molar-refractivity contribution in [3.63, 3.8) is 0 Å². The minimum Gasteiger partial charge on any atom is -0.545 e. The standard InChI is InChI=1S/C17H12N2O5/c20-14(18-13-8-4-3-7-12(13)17(23)24)9-19-15(21)10-5-1-2-6-11(10)16(19)22/h1-8H,9H2,(H,18,20)(H,23,24)/p-1. The van der Waals surface area contributed by atoms with Crippen LogP contribution in [0.5, 0.6) is 0 Å². The monoisotopic (exact) mass is 323 g/mol. The Morgan fingerprint density at radius 3 is 2.04 bits per heavy atom. The Morgan fingerprint density at radius 1 is 0.917 bits per heavy atom. The number of amides is 3. The number of nitrogens with one attached hydrogen (secondary N) is 1. The molecule has 0 bridgehead atoms. The number of fused-ring (bicyclic) bond motifs is 1. The molecule has 1 heterocycles. The first-order valence-corrected chi connectivity index (χ1v) is 7.04. The van der Waals surface area contributed by atoms with Crippen molar-refractivity contribution in [2.75, 3.05) is 11.9 Å². The first kappa shape index (κ1) is 15.4. The molecule has 7 nitrogen and oxygen atoms in total. The first-order valence-electron chi connectivity index (χ1n) is 7.04. The van der Waals surface area contributed by atoms with E-state index >= 15 is 0 Å². The van der Waals surface area contributed by atoms with Gasteiger partial charge in [-0.05, 0) is 18.2 Å². The van der Waals surface area contributed by atoms with Gasteiger partial charge < -0.3 is 15.2 Å². The number of rotatable bonds is 4. The van der Waals surface area contributed by atoms with E-state index in [4.69, 9.17) is 0 Å². The predicted molar refractivity (Wildman–Crippen MR) is 81.2 cm³/mol. The van der Waals surface area contributed by atoms with E-state index in [0.717, 1.165) is 4.90 Å². The average molecular weight is 323 g/mol. The van der Waals surface area contributed by atoms with E-state index in [1.807, 2.05) is 0 Å². The number of carboxylic acids is 1. The highest BCUT2D eigenvalue weighted by Gasteiger charge is 2.36. The molecule has 3 rings (SSSR count). The van der Waals surface area contributed by atoms with E-state index in [2.05, 4.69) is 5.32 Å². The molecule has 7 heteroatoms. The van der Waals surface area contributed by atoms with Crippen molar-refractivity contribution < 1.29 is 24.3 Å². The molecule has 24 heavy (non-hydrogen) atoms. The molecule has 0 unspecified atom stereocenters. The van der Waals surface area contributed by atoms with Gasteiger partial charge in [0.1, 0.15) is 6.54 Å². The summed E-state index contributed by atoms with van der Waals surface area (Å²) in [6.07, 6.45) is 0. The Bertz CT molecular complexity index is 840. The molecular formula is C17H11N2O5-. The fourth-order valence-corrected chi connectivity index (χ4v) is 2.49. The van der Waals surface area contributed by atoms with Crippen LogP contribution >= 0.6 is 0 Å². The Kier molecular flexibility index (Phi) is 3.83. The van der Waals surface area contributed by atoms with Gasteiger partial charge in [0, 0.05) is 11.3 Å². The third-order valence-corrected chi connectivity index (χ3v) is 3.60. The number of anilines is 1. The summed E-state index contributed by atoms with van der Waals surface area (Å²) in [6, 6.07) is 12.0. The fraction of sp³-hybridized carbons (Fsp3) is 0.0588. The number of carbonyl (C=O) groups is 4. The molecule has 2 aromatic carbocycles. The van der Waals surface area contributed by atoms with Crippen LogP contribution in [0, 0.1) is 0 Å². The van der Waals surface area contributed by atoms with Crippen molar-refractivity contribution in [3.05, 3.63) is 65.2 Å². The number of hydrogen-bond acceptors (Lipinski definition) is 5. The zero-order valence-electron chi connectivity index (χ0n) is 12.3. The van der Waals surface area contributed by atoms with Crippen LogP contribution in [0.25, 0.3) is 0 Å². The van der Waals surface area contributed by atoms with Crippen molar-refractivity contribution >= 4 is 29.4 Å². The number of para-hydroxylation sites is 1. The van der Waals surface area contributed by atoms with Crippen LogP contribution in [-0.4, -0.2) is 35.1 Å². The van der Waals surface area contributed by atoms with E-state index in [1.54, 1.807) is 18.2 Å². The summed E-state index contributed by atoms with van der Waals surface area (Å²) < 4.78 is 0. The summed E-state index contributed by atoms with van der Waals surface area (Å²) in [5.74, 6) is -3.23. The maximum absolute atomic E-state index is 12.2. The van der Waals surface area contributed by atoms with Gasteiger partial charge in [-0.2, -0.15) is 0 Å². The number of imide groups is 1. The highest BCUT2D eigenvalue weighted by atomic mass is 16.4. The lowest BCUT2D eigenvalue weighted by Crippen LogP contribution is -2.37. The molecular weight excluding hydrogens is 312 g/mol. The van der Waals surface area contributed by atoms with Gasteiger partial charge in [0.25, 0.3) is 11.8 Å². The maximum atomic E-state index is 12.2. The van der Waals surface area contributed by atoms with Crippen LogP contribution in [0.1, 0.15) is 31.1 Å². The van der Waals surface area contributed by atoms with Crippen LogP contribution in [-0.2, 0) is 4.79 Å². The van der Waals surface area contributed by atoms with Crippen molar-refractivity contribution in [3.8, 4) is 0 Å². The molecule has 120 valence electrons. The Morgan fingerprint density at radius 2 is 1.46 bits per heavy atom. The number of nitrogens with zero attached hydrogens (tertiary/aromatic N) is 1. The lowest BCUT2D eigenvalue weighted by Gasteiger charge is -2.15. The lowest BCUT2D eigenvalue weighted by atomic mass is 10.1. The van der Waals surface area contributed by atoms with Crippen molar-refractivity contribution in [1.82, 2.24) is 4.90 Å². The number of benzene rings is 2. The molecule has 1 N–H and O–H groups in total. The summed E-state index contributed by atoms with van der Waals surface area (Å²) >= 11 is 0. The summed E-state index contributed by atoms with van der Waals surface area (Å²) in [5.41, 5.74) is 0.336. The van der Waals surface area contributed by atoms with Crippen LogP contribution in [0.3, 0.4) is 0 Å². The van der Waals surface area contributed by atoms with E-state index in [9.17, 15) is 24.3 Å². The normalized spacial score (nSPS) is 12.9. The van der Waals surface area contributed by atoms with Gasteiger partial charge in [0.2, 0.25) is 5.91 Å². The SMILES string of the molecule is O=C(CN1C(=O)c2ccccc2C1=O)Nc1ccccc1C(=O)[O-]. The molecule has 0 radical (unpaired) electrons. The smallest absolute Gasteiger partial charge is 0.262 e. The van der Waals surface area contributed by atoms with Crippen LogP contribution < -0.4 is 10.4 Å². The summed E-state index contributed by atoms with van der Waals surface area (Å²) in [7, 11) is 0. The minimum atomic E-state index is -1.44. The quantitative estimate of drug-likeness (QED) is 0.814. The Balaban J connectivity index is 1.77. The number of carboxylic acid groups (broad SMARTS) is 1.